The number of hydrogen-bond donors (Lipinski definition) is 2. The average molecular weight is 185 g/mol. The number of fused-ring (bicyclic) bond motifs is 1. The van der Waals surface area contributed by atoms with Crippen molar-refractivity contribution in [2.24, 2.45) is 0 Å². The van der Waals surface area contributed by atoms with E-state index in [9.17, 15) is 0 Å². The quantitative estimate of drug-likeness (QED) is 0.601. The Bertz CT molecular complexity index is 551. The fraction of sp³-hybridized carbons (Fsp3) is 0. The summed E-state index contributed by atoms with van der Waals surface area (Å²) in [5, 5.41) is 17.3. The van der Waals surface area contributed by atoms with Crippen molar-refractivity contribution >= 4 is 11.0 Å². The van der Waals surface area contributed by atoms with E-state index in [0.29, 0.717) is 0 Å². The molecule has 2 heterocycles. The summed E-state index contributed by atoms with van der Waals surface area (Å²) < 4.78 is 0. The second-order valence-corrected chi connectivity index (χ2v) is 3.01. The van der Waals surface area contributed by atoms with Gasteiger partial charge in [-0.15, -0.1) is 0 Å². The van der Waals surface area contributed by atoms with E-state index in [1.807, 2.05) is 24.4 Å². The molecule has 68 valence electrons. The molecule has 0 amide bonds. The topological polar surface area (TPSA) is 70.2 Å². The average Bonchev–Trinajstić information content (AvgIpc) is 2.88. The zero-order valence-electron chi connectivity index (χ0n) is 7.23. The van der Waals surface area contributed by atoms with Crippen LogP contribution in [0.3, 0.4) is 0 Å². The molecule has 0 atom stereocenters. The second kappa shape index (κ2) is 2.66. The Balaban J connectivity index is 2.23. The van der Waals surface area contributed by atoms with Crippen molar-refractivity contribution in [2.75, 3.05) is 0 Å². The summed E-state index contributed by atoms with van der Waals surface area (Å²) in [4.78, 5) is 0. The Morgan fingerprint density at radius 2 is 1.93 bits per heavy atom. The molecule has 14 heavy (non-hydrogen) atoms. The van der Waals surface area contributed by atoms with Crippen molar-refractivity contribution < 1.29 is 0 Å². The molecule has 0 aliphatic heterocycles. The minimum atomic E-state index is 0.865. The molecule has 0 saturated carbocycles. The first-order chi connectivity index (χ1) is 6.93. The molecule has 5 heteroatoms. The lowest BCUT2D eigenvalue weighted by molar-refractivity contribution is 0.959. The fourth-order valence-corrected chi connectivity index (χ4v) is 1.43. The normalized spacial score (nSPS) is 10.9. The van der Waals surface area contributed by atoms with Crippen LogP contribution in [0, 0.1) is 0 Å². The van der Waals surface area contributed by atoms with Gasteiger partial charge in [-0.3, -0.25) is 5.10 Å². The smallest absolute Gasteiger partial charge is 0.113 e. The molecule has 2 N–H and O–H groups in total. The summed E-state index contributed by atoms with van der Waals surface area (Å²) in [5.41, 5.74) is 3.87. The van der Waals surface area contributed by atoms with Crippen molar-refractivity contribution in [3.05, 3.63) is 30.6 Å². The number of H-pyrrole nitrogens is 2. The maximum Gasteiger partial charge on any atom is 0.113 e. The number of nitrogens with one attached hydrogen (secondary N) is 2. The highest BCUT2D eigenvalue weighted by molar-refractivity contribution is 5.80. The molecule has 0 saturated heterocycles. The molecule has 5 nitrogen and oxygen atoms in total. The summed E-state index contributed by atoms with van der Waals surface area (Å²) in [6, 6.07) is 5.90. The van der Waals surface area contributed by atoms with Crippen molar-refractivity contribution in [2.45, 2.75) is 0 Å². The van der Waals surface area contributed by atoms with E-state index < -0.39 is 0 Å². The van der Waals surface area contributed by atoms with Crippen LogP contribution >= 0.6 is 0 Å². The lowest BCUT2D eigenvalue weighted by atomic mass is 10.1. The van der Waals surface area contributed by atoms with Gasteiger partial charge in [-0.05, 0) is 17.7 Å². The second-order valence-electron chi connectivity index (χ2n) is 3.01. The minimum absolute atomic E-state index is 0.865. The number of rotatable bonds is 1. The number of aromatic nitrogens is 5. The SMILES string of the molecule is c1cc2n[nH]nc2cc1-c1cn[nH]c1. The maximum absolute atomic E-state index is 4.02. The molecule has 2 aromatic heterocycles. The van der Waals surface area contributed by atoms with E-state index in [1.165, 1.54) is 0 Å². The summed E-state index contributed by atoms with van der Waals surface area (Å²) in [6.07, 6.45) is 3.63. The zero-order valence-corrected chi connectivity index (χ0v) is 7.23. The van der Waals surface area contributed by atoms with Gasteiger partial charge in [0.2, 0.25) is 0 Å². The molecule has 0 spiro atoms. The summed E-state index contributed by atoms with van der Waals surface area (Å²) in [6.45, 7) is 0. The largest absolute Gasteiger partial charge is 0.285 e. The molecule has 0 aliphatic carbocycles. The van der Waals surface area contributed by atoms with Gasteiger partial charge in [0.05, 0.1) is 6.20 Å². The van der Waals surface area contributed by atoms with Crippen LogP contribution in [0.25, 0.3) is 22.2 Å². The van der Waals surface area contributed by atoms with Gasteiger partial charge in [0.15, 0.2) is 0 Å². The monoisotopic (exact) mass is 185 g/mol. The van der Waals surface area contributed by atoms with E-state index >= 15 is 0 Å². The van der Waals surface area contributed by atoms with E-state index in [1.54, 1.807) is 6.20 Å². The van der Waals surface area contributed by atoms with Gasteiger partial charge < -0.3 is 0 Å². The predicted octanol–water partition coefficient (Wildman–Crippen LogP) is 1.35. The summed E-state index contributed by atoms with van der Waals surface area (Å²) in [7, 11) is 0. The van der Waals surface area contributed by atoms with E-state index in [2.05, 4.69) is 25.6 Å². The van der Waals surface area contributed by atoms with Crippen LogP contribution in [0.4, 0.5) is 0 Å². The summed E-state index contributed by atoms with van der Waals surface area (Å²) >= 11 is 0. The molecule has 0 unspecified atom stereocenters. The van der Waals surface area contributed by atoms with Crippen molar-refractivity contribution in [3.8, 4) is 11.1 Å². The van der Waals surface area contributed by atoms with Crippen LogP contribution in [-0.4, -0.2) is 25.6 Å². The first kappa shape index (κ1) is 7.25. The van der Waals surface area contributed by atoms with Crippen LogP contribution < -0.4 is 0 Å². The third kappa shape index (κ3) is 0.990. The highest BCUT2D eigenvalue weighted by Crippen LogP contribution is 2.20. The van der Waals surface area contributed by atoms with E-state index in [4.69, 9.17) is 0 Å². The van der Waals surface area contributed by atoms with Crippen LogP contribution in [0.1, 0.15) is 0 Å². The van der Waals surface area contributed by atoms with Gasteiger partial charge in [0.25, 0.3) is 0 Å². The standard InChI is InChI=1S/C9H7N5/c1-2-8-9(13-14-12-8)3-6(1)7-4-10-11-5-7/h1-5H,(H,10,11)(H,12,13,14). The van der Waals surface area contributed by atoms with Crippen LogP contribution in [-0.2, 0) is 0 Å². The number of hydrogen-bond acceptors (Lipinski definition) is 3. The lowest BCUT2D eigenvalue weighted by Gasteiger charge is -1.94. The first-order valence-electron chi connectivity index (χ1n) is 4.23. The predicted molar refractivity (Wildman–Crippen MR) is 51.5 cm³/mol. The number of aromatic amines is 2. The number of benzene rings is 1. The van der Waals surface area contributed by atoms with Gasteiger partial charge in [0, 0.05) is 11.8 Å². The molecule has 1 aromatic carbocycles. The Morgan fingerprint density at radius 3 is 2.79 bits per heavy atom. The zero-order chi connectivity index (χ0) is 9.38. The Labute approximate surface area is 79.2 Å². The lowest BCUT2D eigenvalue weighted by Crippen LogP contribution is -1.74. The highest BCUT2D eigenvalue weighted by Gasteiger charge is 2.02. The van der Waals surface area contributed by atoms with Crippen molar-refractivity contribution in [1.29, 1.82) is 0 Å². The third-order valence-electron chi connectivity index (χ3n) is 2.15. The van der Waals surface area contributed by atoms with Crippen LogP contribution in [0.2, 0.25) is 0 Å². The third-order valence-corrected chi connectivity index (χ3v) is 2.15. The molecule has 3 aromatic rings. The molecule has 0 bridgehead atoms. The number of nitrogens with zero attached hydrogens (tertiary/aromatic N) is 3. The van der Waals surface area contributed by atoms with E-state index in [-0.39, 0.29) is 0 Å². The van der Waals surface area contributed by atoms with Gasteiger partial charge >= 0.3 is 0 Å². The molecule has 0 fully saturated rings. The van der Waals surface area contributed by atoms with Crippen molar-refractivity contribution in [3.63, 3.8) is 0 Å². The Hall–Kier alpha value is -2.17. The van der Waals surface area contributed by atoms with Gasteiger partial charge in [0.1, 0.15) is 11.0 Å². The molecular weight excluding hydrogens is 178 g/mol. The minimum Gasteiger partial charge on any atom is -0.285 e. The first-order valence-corrected chi connectivity index (χ1v) is 4.23. The van der Waals surface area contributed by atoms with Crippen LogP contribution in [0.15, 0.2) is 30.6 Å². The maximum atomic E-state index is 4.02. The van der Waals surface area contributed by atoms with Crippen molar-refractivity contribution in [1.82, 2.24) is 25.6 Å². The Kier molecular flexibility index (Phi) is 1.38. The molecule has 3 rings (SSSR count). The van der Waals surface area contributed by atoms with Gasteiger partial charge in [-0.25, -0.2) is 0 Å². The van der Waals surface area contributed by atoms with E-state index in [0.717, 1.165) is 22.2 Å². The molecule has 0 radical (unpaired) electrons. The van der Waals surface area contributed by atoms with Gasteiger partial charge in [-0.1, -0.05) is 6.07 Å². The fourth-order valence-electron chi connectivity index (χ4n) is 1.43. The molecule has 0 aliphatic rings. The van der Waals surface area contributed by atoms with Gasteiger partial charge in [-0.2, -0.15) is 20.5 Å². The highest BCUT2D eigenvalue weighted by atomic mass is 15.3. The van der Waals surface area contributed by atoms with Crippen LogP contribution in [0.5, 0.6) is 0 Å². The molecular formula is C9H7N5. The summed E-state index contributed by atoms with van der Waals surface area (Å²) in [5.74, 6) is 0. The Morgan fingerprint density at radius 1 is 1.00 bits per heavy atom.